The van der Waals surface area contributed by atoms with Crippen molar-refractivity contribution >= 4 is 28.4 Å². The average molecular weight is 509 g/mol. The fourth-order valence-corrected chi connectivity index (χ4v) is 5.82. The second-order valence-electron chi connectivity index (χ2n) is 10.1. The number of Topliss-reactive ketones (excluding diaryl/α,β-unsaturated/α-hetero) is 1. The fraction of sp³-hybridized carbons (Fsp3) is 0.290. The molecule has 0 saturated heterocycles. The smallest absolute Gasteiger partial charge is 0.335 e. The molecule has 1 aliphatic carbocycles. The van der Waals surface area contributed by atoms with E-state index in [0.717, 1.165) is 40.7 Å². The Morgan fingerprint density at radius 1 is 1.00 bits per heavy atom. The van der Waals surface area contributed by atoms with Gasteiger partial charge in [-0.2, -0.15) is 0 Å². The molecule has 1 saturated carbocycles. The quantitative estimate of drug-likeness (QED) is 0.286. The van der Waals surface area contributed by atoms with Crippen LogP contribution in [0.25, 0.3) is 27.7 Å². The topological polar surface area (TPSA) is 111 Å². The molecule has 7 heteroatoms. The van der Waals surface area contributed by atoms with Gasteiger partial charge in [0.05, 0.1) is 28.3 Å². The zero-order valence-corrected chi connectivity index (χ0v) is 21.7. The lowest BCUT2D eigenvalue weighted by atomic mass is 9.82. The van der Waals surface area contributed by atoms with Crippen LogP contribution in [0, 0.1) is 5.92 Å². The van der Waals surface area contributed by atoms with E-state index < -0.39 is 5.97 Å². The second kappa shape index (κ2) is 10.6. The Morgan fingerprint density at radius 3 is 2.34 bits per heavy atom. The molecule has 3 aromatic heterocycles. The fourth-order valence-electron chi connectivity index (χ4n) is 5.82. The molecule has 1 atom stereocenters. The van der Waals surface area contributed by atoms with Gasteiger partial charge in [-0.3, -0.25) is 14.8 Å². The van der Waals surface area contributed by atoms with Crippen LogP contribution in [0.1, 0.15) is 73.6 Å². The number of benzene rings is 1. The van der Waals surface area contributed by atoms with Gasteiger partial charge in [0.2, 0.25) is 0 Å². The van der Waals surface area contributed by atoms with Crippen molar-refractivity contribution < 1.29 is 14.7 Å². The Hall–Kier alpha value is -4.26. The lowest BCUT2D eigenvalue weighted by Gasteiger charge is -2.31. The van der Waals surface area contributed by atoms with Crippen LogP contribution >= 0.6 is 0 Å². The monoisotopic (exact) mass is 508 g/mol. The van der Waals surface area contributed by atoms with Crippen molar-refractivity contribution in [3.05, 3.63) is 89.6 Å². The van der Waals surface area contributed by atoms with Gasteiger partial charge in [0.1, 0.15) is 0 Å². The minimum absolute atomic E-state index is 0.00757. The van der Waals surface area contributed by atoms with Gasteiger partial charge in [-0.1, -0.05) is 37.5 Å². The third-order valence-corrected chi connectivity index (χ3v) is 7.53. The highest BCUT2D eigenvalue weighted by molar-refractivity contribution is 6.20. The Labute approximate surface area is 222 Å². The molecule has 5 rings (SSSR count). The van der Waals surface area contributed by atoms with Crippen molar-refractivity contribution in [1.82, 2.24) is 14.5 Å². The SMILES string of the molecule is CC(=O)C(=C(C)N)c1cnc2c(-c3ccc(C(=O)O)cc3)cn(C(c3ccccn3)C3CCCCC3)c2c1. The number of nitrogens with zero attached hydrogens (tertiary/aromatic N) is 3. The van der Waals surface area contributed by atoms with Crippen molar-refractivity contribution in [2.45, 2.75) is 52.0 Å². The predicted molar refractivity (Wildman–Crippen MR) is 149 cm³/mol. The number of pyridine rings is 2. The highest BCUT2D eigenvalue weighted by Gasteiger charge is 2.30. The molecule has 0 spiro atoms. The van der Waals surface area contributed by atoms with Crippen molar-refractivity contribution in [3.8, 4) is 11.1 Å². The summed E-state index contributed by atoms with van der Waals surface area (Å²) in [6.07, 6.45) is 11.5. The van der Waals surface area contributed by atoms with Gasteiger partial charge in [0, 0.05) is 41.0 Å². The molecule has 0 bridgehead atoms. The summed E-state index contributed by atoms with van der Waals surface area (Å²) in [5.41, 5.74) is 12.4. The molecule has 3 heterocycles. The van der Waals surface area contributed by atoms with Crippen molar-refractivity contribution in [2.24, 2.45) is 11.7 Å². The third kappa shape index (κ3) is 4.84. The van der Waals surface area contributed by atoms with Crippen LogP contribution in [0.5, 0.6) is 0 Å². The molecule has 4 aromatic rings. The number of aromatic carboxylic acids is 1. The molecule has 1 unspecified atom stereocenters. The maximum absolute atomic E-state index is 12.5. The number of rotatable bonds is 7. The van der Waals surface area contributed by atoms with Gasteiger partial charge in [0.15, 0.2) is 5.78 Å². The van der Waals surface area contributed by atoms with E-state index in [4.69, 9.17) is 15.7 Å². The first kappa shape index (κ1) is 25.4. The molecule has 0 radical (unpaired) electrons. The molecule has 38 heavy (non-hydrogen) atoms. The van der Waals surface area contributed by atoms with Crippen LogP contribution in [0.3, 0.4) is 0 Å². The number of aromatic nitrogens is 3. The average Bonchev–Trinajstić information content (AvgIpc) is 3.28. The number of allylic oxidation sites excluding steroid dienone is 2. The van der Waals surface area contributed by atoms with Crippen LogP contribution in [0.2, 0.25) is 0 Å². The largest absolute Gasteiger partial charge is 0.478 e. The number of hydrogen-bond donors (Lipinski definition) is 2. The summed E-state index contributed by atoms with van der Waals surface area (Å²) in [5, 5.41) is 9.37. The normalized spacial score (nSPS) is 15.7. The first-order valence-corrected chi connectivity index (χ1v) is 13.1. The van der Waals surface area contributed by atoms with E-state index in [0.29, 0.717) is 22.8 Å². The van der Waals surface area contributed by atoms with Gasteiger partial charge in [-0.05, 0) is 68.5 Å². The van der Waals surface area contributed by atoms with Crippen molar-refractivity contribution in [1.29, 1.82) is 0 Å². The van der Waals surface area contributed by atoms with Crippen molar-refractivity contribution in [3.63, 3.8) is 0 Å². The zero-order valence-electron chi connectivity index (χ0n) is 21.7. The highest BCUT2D eigenvalue weighted by Crippen LogP contribution is 2.41. The maximum atomic E-state index is 12.5. The molecular formula is C31H32N4O3. The molecule has 0 aliphatic heterocycles. The summed E-state index contributed by atoms with van der Waals surface area (Å²) in [5.74, 6) is -0.670. The number of nitrogens with two attached hydrogens (primary N) is 1. The minimum atomic E-state index is -0.963. The number of carbonyl (C=O) groups excluding carboxylic acids is 1. The summed E-state index contributed by atoms with van der Waals surface area (Å²) in [6.45, 7) is 3.25. The number of carboxylic acids is 1. The van der Waals surface area contributed by atoms with Crippen LogP contribution in [-0.2, 0) is 4.79 Å². The molecule has 194 valence electrons. The number of hydrogen-bond acceptors (Lipinski definition) is 5. The lowest BCUT2D eigenvalue weighted by molar-refractivity contribution is -0.111. The van der Waals surface area contributed by atoms with E-state index in [9.17, 15) is 14.7 Å². The Balaban J connectivity index is 1.77. The van der Waals surface area contributed by atoms with Gasteiger partial charge in [-0.25, -0.2) is 4.79 Å². The van der Waals surface area contributed by atoms with Gasteiger partial charge in [0.25, 0.3) is 0 Å². The summed E-state index contributed by atoms with van der Waals surface area (Å²) in [4.78, 5) is 33.5. The summed E-state index contributed by atoms with van der Waals surface area (Å²) >= 11 is 0. The molecule has 1 aromatic carbocycles. The van der Waals surface area contributed by atoms with E-state index in [1.165, 1.54) is 26.2 Å². The minimum Gasteiger partial charge on any atom is -0.478 e. The Morgan fingerprint density at radius 2 is 1.74 bits per heavy atom. The van der Waals surface area contributed by atoms with E-state index in [-0.39, 0.29) is 17.4 Å². The maximum Gasteiger partial charge on any atom is 0.335 e. The molecule has 7 nitrogen and oxygen atoms in total. The molecule has 0 amide bonds. The Bertz CT molecular complexity index is 1510. The van der Waals surface area contributed by atoms with Crippen molar-refractivity contribution in [2.75, 3.05) is 0 Å². The Kier molecular flexibility index (Phi) is 7.09. The van der Waals surface area contributed by atoms with Crippen LogP contribution in [-0.4, -0.2) is 31.4 Å². The van der Waals surface area contributed by atoms with E-state index in [2.05, 4.69) is 16.8 Å². The highest BCUT2D eigenvalue weighted by atomic mass is 16.4. The van der Waals surface area contributed by atoms with Gasteiger partial charge in [-0.15, -0.1) is 0 Å². The van der Waals surface area contributed by atoms with Gasteiger partial charge < -0.3 is 15.4 Å². The summed E-state index contributed by atoms with van der Waals surface area (Å²) < 4.78 is 2.26. The number of fused-ring (bicyclic) bond motifs is 1. The standard InChI is InChI=1S/C31H32N4O3/c1-19(32)28(20(2)36)24-16-27-29(34-17-24)25(21-11-13-23(14-12-21)31(37)38)18-35(27)30(22-8-4-3-5-9-22)26-10-6-7-15-33-26/h6-7,10-18,22,30H,3-5,8-9,32H2,1-2H3,(H,37,38). The number of ketones is 1. The molecule has 3 N–H and O–H groups in total. The number of carbonyl (C=O) groups is 2. The first-order chi connectivity index (χ1) is 18.3. The predicted octanol–water partition coefficient (Wildman–Crippen LogP) is 6.24. The summed E-state index contributed by atoms with van der Waals surface area (Å²) in [7, 11) is 0. The van der Waals surface area contributed by atoms with E-state index in [1.807, 2.05) is 36.5 Å². The molecule has 1 aliphatic rings. The van der Waals surface area contributed by atoms with Crippen LogP contribution in [0.4, 0.5) is 0 Å². The first-order valence-electron chi connectivity index (χ1n) is 13.1. The van der Waals surface area contributed by atoms with Gasteiger partial charge >= 0.3 is 5.97 Å². The number of carboxylic acid groups (broad SMARTS) is 1. The van der Waals surface area contributed by atoms with Crippen LogP contribution in [0.15, 0.2) is 72.8 Å². The molecule has 1 fully saturated rings. The summed E-state index contributed by atoms with van der Waals surface area (Å²) in [6, 6.07) is 14.9. The lowest BCUT2D eigenvalue weighted by Crippen LogP contribution is -2.23. The second-order valence-corrected chi connectivity index (χ2v) is 10.1. The van der Waals surface area contributed by atoms with E-state index in [1.54, 1.807) is 25.3 Å². The zero-order chi connectivity index (χ0) is 26.8. The van der Waals surface area contributed by atoms with E-state index >= 15 is 0 Å². The molecular weight excluding hydrogens is 476 g/mol. The third-order valence-electron chi connectivity index (χ3n) is 7.53. The van der Waals surface area contributed by atoms with Crippen LogP contribution < -0.4 is 5.73 Å².